The van der Waals surface area contributed by atoms with Crippen molar-refractivity contribution in [3.63, 3.8) is 0 Å². The second kappa shape index (κ2) is 9.92. The van der Waals surface area contributed by atoms with Gasteiger partial charge in [-0.25, -0.2) is 9.97 Å². The van der Waals surface area contributed by atoms with Crippen molar-refractivity contribution in [1.29, 1.82) is 0 Å². The van der Waals surface area contributed by atoms with Crippen molar-refractivity contribution in [3.8, 4) is 0 Å². The first kappa shape index (κ1) is 23.1. The Bertz CT molecular complexity index is 1590. The maximum absolute atomic E-state index is 5.15. The van der Waals surface area contributed by atoms with Crippen LogP contribution >= 0.6 is 0 Å². The minimum atomic E-state index is 0. The number of hydrogen-bond acceptors (Lipinski definition) is 2. The van der Waals surface area contributed by atoms with Gasteiger partial charge in [-0.3, -0.25) is 0 Å². The van der Waals surface area contributed by atoms with Crippen LogP contribution in [0.2, 0.25) is 0 Å². The zero-order valence-corrected chi connectivity index (χ0v) is 20.9. The topological polar surface area (TPSA) is 57.4 Å². The summed E-state index contributed by atoms with van der Waals surface area (Å²) in [7, 11) is 0. The Labute approximate surface area is 215 Å². The normalized spacial score (nSPS) is 12.6. The van der Waals surface area contributed by atoms with E-state index in [4.69, 9.17) is 9.97 Å². The smallest absolute Gasteiger partial charge is 0.0739 e. The fourth-order valence-electron chi connectivity index (χ4n) is 4.66. The summed E-state index contributed by atoms with van der Waals surface area (Å²) < 4.78 is 0. The summed E-state index contributed by atoms with van der Waals surface area (Å²) in [6.07, 6.45) is 7.38. The monoisotopic (exact) mass is 494 g/mol. The molecule has 0 atom stereocenters. The largest absolute Gasteiger partial charge is 0.355 e. The maximum Gasteiger partial charge on any atom is 0.0739 e. The third kappa shape index (κ3) is 4.79. The van der Waals surface area contributed by atoms with E-state index in [0.717, 1.165) is 64.1 Å². The molecule has 5 heteroatoms. The zero-order chi connectivity index (χ0) is 22.9. The summed E-state index contributed by atoms with van der Waals surface area (Å²) in [5, 5.41) is 0. The molecule has 4 aromatic rings. The van der Waals surface area contributed by atoms with Crippen molar-refractivity contribution in [2.24, 2.45) is 0 Å². The van der Waals surface area contributed by atoms with Crippen molar-refractivity contribution in [1.82, 2.24) is 19.9 Å². The first-order valence-corrected chi connectivity index (χ1v) is 11.9. The second-order valence-corrected chi connectivity index (χ2v) is 8.82. The quantitative estimate of drug-likeness (QED) is 0.270. The number of fused-ring (bicyclic) bond motifs is 8. The summed E-state index contributed by atoms with van der Waals surface area (Å²) in [4.78, 5) is 17.0. The van der Waals surface area contributed by atoms with E-state index >= 15 is 0 Å². The molecule has 0 unspecified atom stereocenters. The first-order valence-electron chi connectivity index (χ1n) is 11.9. The molecule has 0 amide bonds. The zero-order valence-electron chi connectivity index (χ0n) is 19.6. The molecule has 0 saturated heterocycles. The van der Waals surface area contributed by atoms with E-state index in [1.807, 2.05) is 0 Å². The molecule has 0 fully saturated rings. The molecule has 6 rings (SSSR count). The van der Waals surface area contributed by atoms with Gasteiger partial charge in [0.05, 0.1) is 22.8 Å². The molecular formula is C30H26CrN4. The molecule has 4 nitrogen and oxygen atoms in total. The molecule has 0 spiro atoms. The van der Waals surface area contributed by atoms with Crippen LogP contribution in [0.5, 0.6) is 0 Å². The predicted molar refractivity (Wildman–Crippen MR) is 142 cm³/mol. The van der Waals surface area contributed by atoms with E-state index in [2.05, 4.69) is 108 Å². The fraction of sp³-hybridized carbons (Fsp3) is 0.133. The number of rotatable bonds is 4. The van der Waals surface area contributed by atoms with Crippen LogP contribution in [0.4, 0.5) is 0 Å². The molecule has 2 N–H and O–H groups in total. The van der Waals surface area contributed by atoms with Crippen LogP contribution in [0.15, 0.2) is 78.9 Å². The Morgan fingerprint density at radius 2 is 1.29 bits per heavy atom. The van der Waals surface area contributed by atoms with Crippen molar-refractivity contribution in [2.45, 2.75) is 26.2 Å². The summed E-state index contributed by atoms with van der Waals surface area (Å²) in [6.45, 7) is 2.24. The van der Waals surface area contributed by atoms with Gasteiger partial charge >= 0.3 is 0 Å². The number of nitrogens with one attached hydrogen (secondary N) is 2. The molecule has 35 heavy (non-hydrogen) atoms. The van der Waals surface area contributed by atoms with Gasteiger partial charge in [0.1, 0.15) is 0 Å². The van der Waals surface area contributed by atoms with E-state index in [-0.39, 0.29) is 17.4 Å². The van der Waals surface area contributed by atoms with Gasteiger partial charge in [0.25, 0.3) is 0 Å². The van der Waals surface area contributed by atoms with Gasteiger partial charge in [0, 0.05) is 45.0 Å². The van der Waals surface area contributed by atoms with E-state index in [0.29, 0.717) is 0 Å². The molecule has 2 aliphatic rings. The van der Waals surface area contributed by atoms with Crippen molar-refractivity contribution in [2.75, 3.05) is 0 Å². The van der Waals surface area contributed by atoms with Gasteiger partial charge in [-0.1, -0.05) is 43.7 Å². The van der Waals surface area contributed by atoms with E-state index in [1.165, 1.54) is 16.7 Å². The standard InChI is InChI=1S/C30H26N4.Cr/c1-2-3-9-27-28-18-25-14-12-23(32-25)16-21-10-11-22(31-21)17-24-13-15-26(33-24)19-29(34-28)30(27)20-7-5-4-6-8-20;/h4-8,10-19,31,33H,2-3,9H2,1H3;. The van der Waals surface area contributed by atoms with Gasteiger partial charge in [-0.2, -0.15) is 0 Å². The Morgan fingerprint density at radius 1 is 0.657 bits per heavy atom. The van der Waals surface area contributed by atoms with Gasteiger partial charge in [-0.15, -0.1) is 0 Å². The Morgan fingerprint density at radius 3 is 1.97 bits per heavy atom. The van der Waals surface area contributed by atoms with E-state index < -0.39 is 0 Å². The number of aromatic nitrogens is 4. The first-order chi connectivity index (χ1) is 16.7. The van der Waals surface area contributed by atoms with Gasteiger partial charge < -0.3 is 9.97 Å². The van der Waals surface area contributed by atoms with Gasteiger partial charge in [-0.05, 0) is 84.7 Å². The molecular weight excluding hydrogens is 468 g/mol. The Balaban J connectivity index is 0.00000253. The van der Waals surface area contributed by atoms with Gasteiger partial charge in [0.15, 0.2) is 0 Å². The molecule has 3 aromatic heterocycles. The fourth-order valence-corrected chi connectivity index (χ4v) is 4.66. The van der Waals surface area contributed by atoms with Crippen LogP contribution in [0.1, 0.15) is 54.5 Å². The molecule has 0 saturated carbocycles. The number of benzene rings is 1. The van der Waals surface area contributed by atoms with Crippen LogP contribution < -0.4 is 0 Å². The minimum Gasteiger partial charge on any atom is -0.355 e. The number of unbranched alkanes of at least 4 members (excludes halogenated alkanes) is 1. The Kier molecular flexibility index (Phi) is 6.55. The molecule has 8 bridgehead atoms. The molecule has 0 aliphatic carbocycles. The average molecular weight is 495 g/mol. The van der Waals surface area contributed by atoms with Gasteiger partial charge in [0.2, 0.25) is 0 Å². The minimum absolute atomic E-state index is 0. The van der Waals surface area contributed by atoms with Crippen LogP contribution in [0, 0.1) is 0 Å². The number of hydrogen-bond donors (Lipinski definition) is 2. The van der Waals surface area contributed by atoms with Crippen LogP contribution in [0.3, 0.4) is 0 Å². The van der Waals surface area contributed by atoms with Crippen LogP contribution in [0.25, 0.3) is 45.4 Å². The molecule has 2 aliphatic heterocycles. The van der Waals surface area contributed by atoms with Crippen LogP contribution in [-0.2, 0) is 17.4 Å². The molecule has 172 valence electrons. The number of allylic oxidation sites excluding steroid dienone is 1. The van der Waals surface area contributed by atoms with Crippen molar-refractivity contribution in [3.05, 3.63) is 107 Å². The summed E-state index contributed by atoms with van der Waals surface area (Å²) in [6, 6.07) is 27.5. The summed E-state index contributed by atoms with van der Waals surface area (Å²) in [5.41, 5.74) is 11.7. The van der Waals surface area contributed by atoms with E-state index in [9.17, 15) is 0 Å². The SMILES string of the molecule is CCCCC1=C(c2ccccc2)c2cc3ccc(cc4ccc(cc5nc(cc1n2)C=C5)[nH]4)[nH]3.[Cr]. The van der Waals surface area contributed by atoms with Crippen molar-refractivity contribution < 1.29 is 17.4 Å². The second-order valence-electron chi connectivity index (χ2n) is 8.82. The van der Waals surface area contributed by atoms with E-state index in [1.54, 1.807) is 0 Å². The van der Waals surface area contributed by atoms with Crippen LogP contribution in [-0.4, -0.2) is 19.9 Å². The third-order valence-electron chi connectivity index (χ3n) is 6.29. The maximum atomic E-state index is 5.15. The number of nitrogens with zero attached hydrogens (tertiary/aromatic N) is 2. The van der Waals surface area contributed by atoms with Crippen molar-refractivity contribution >= 4 is 45.4 Å². The molecule has 1 aromatic carbocycles. The summed E-state index contributed by atoms with van der Waals surface area (Å²) >= 11 is 0. The molecule has 5 heterocycles. The average Bonchev–Trinajstić information content (AvgIpc) is 3.63. The summed E-state index contributed by atoms with van der Waals surface area (Å²) in [5.74, 6) is 0. The Hall–Kier alpha value is -3.65. The number of H-pyrrole nitrogens is 2. The molecule has 0 radical (unpaired) electrons. The third-order valence-corrected chi connectivity index (χ3v) is 6.29. The predicted octanol–water partition coefficient (Wildman–Crippen LogP) is 7.63. The number of aromatic amines is 2.